The van der Waals surface area contributed by atoms with E-state index in [9.17, 15) is 31.9 Å². The molecule has 0 bridgehead atoms. The van der Waals surface area contributed by atoms with Gasteiger partial charge >= 0.3 is 12.3 Å². The molecule has 2 amide bonds. The highest BCUT2D eigenvalue weighted by atomic mass is 19.4. The van der Waals surface area contributed by atoms with Crippen LogP contribution in [0.15, 0.2) is 29.1 Å². The number of rotatable bonds is 6. The summed E-state index contributed by atoms with van der Waals surface area (Å²) in [4.78, 5) is 48.2. The molecule has 5 rings (SSSR count). The third kappa shape index (κ3) is 7.60. The number of hydrogen-bond acceptors (Lipinski definition) is 7. The van der Waals surface area contributed by atoms with Gasteiger partial charge in [-0.2, -0.15) is 22.7 Å². The molecule has 15 heteroatoms. The number of benzene rings is 1. The molecule has 1 N–H and O–H groups in total. The van der Waals surface area contributed by atoms with Crippen molar-refractivity contribution in [2.45, 2.75) is 84.5 Å². The van der Waals surface area contributed by atoms with Crippen LogP contribution in [0.3, 0.4) is 0 Å². The van der Waals surface area contributed by atoms with Gasteiger partial charge in [0.15, 0.2) is 5.82 Å². The van der Waals surface area contributed by atoms with Crippen molar-refractivity contribution in [3.63, 3.8) is 0 Å². The number of carbonyl (C=O) groups excluding carboxylic acids is 2. The van der Waals surface area contributed by atoms with E-state index in [1.165, 1.54) is 4.52 Å². The third-order valence-electron chi connectivity index (χ3n) is 8.11. The number of nitrogens with one attached hydrogen (secondary N) is 1. The summed E-state index contributed by atoms with van der Waals surface area (Å²) >= 11 is 0. The lowest BCUT2D eigenvalue weighted by Gasteiger charge is -2.37. The lowest BCUT2D eigenvalue weighted by Crippen LogP contribution is -2.51. The first kappa shape index (κ1) is 33.9. The van der Waals surface area contributed by atoms with Crippen LogP contribution in [0.4, 0.5) is 33.7 Å². The molecule has 0 radical (unpaired) electrons. The Bertz CT molecular complexity index is 1750. The van der Waals surface area contributed by atoms with Crippen molar-refractivity contribution in [2.24, 2.45) is 0 Å². The molecule has 47 heavy (non-hydrogen) atoms. The van der Waals surface area contributed by atoms with Crippen LogP contribution in [-0.4, -0.2) is 67.8 Å². The van der Waals surface area contributed by atoms with Crippen molar-refractivity contribution >= 4 is 34.7 Å². The highest BCUT2D eigenvalue weighted by Gasteiger charge is 2.32. The van der Waals surface area contributed by atoms with Gasteiger partial charge < -0.3 is 24.4 Å². The van der Waals surface area contributed by atoms with E-state index >= 15 is 0 Å². The number of aromatic nitrogens is 4. The summed E-state index contributed by atoms with van der Waals surface area (Å²) in [6.45, 7) is 7.95. The Hall–Kier alpha value is -4.43. The molecule has 1 aliphatic heterocycles. The van der Waals surface area contributed by atoms with Gasteiger partial charge in [0.1, 0.15) is 23.7 Å². The summed E-state index contributed by atoms with van der Waals surface area (Å²) in [7, 11) is 0. The predicted octanol–water partition coefficient (Wildman–Crippen LogP) is 5.65. The van der Waals surface area contributed by atoms with Crippen molar-refractivity contribution in [3.05, 3.63) is 57.5 Å². The zero-order valence-corrected chi connectivity index (χ0v) is 26.9. The highest BCUT2D eigenvalue weighted by Crippen LogP contribution is 2.32. The number of hydrogen-bond donors (Lipinski definition) is 1. The van der Waals surface area contributed by atoms with E-state index < -0.39 is 52.9 Å². The molecule has 1 saturated heterocycles. The molecule has 0 atom stereocenters. The maximum Gasteiger partial charge on any atom is 0.416 e. The van der Waals surface area contributed by atoms with E-state index in [1.807, 2.05) is 11.8 Å². The van der Waals surface area contributed by atoms with Crippen molar-refractivity contribution in [1.29, 1.82) is 0 Å². The van der Waals surface area contributed by atoms with Crippen molar-refractivity contribution in [1.82, 2.24) is 24.1 Å². The number of allylic oxidation sites excluding steroid dienone is 2. The molecule has 0 saturated carbocycles. The third-order valence-corrected chi connectivity index (χ3v) is 8.11. The second-order valence-electron chi connectivity index (χ2n) is 12.7. The molecule has 2 aromatic heterocycles. The van der Waals surface area contributed by atoms with Crippen LogP contribution in [0.1, 0.15) is 76.9 Å². The Kier molecular flexibility index (Phi) is 9.64. The summed E-state index contributed by atoms with van der Waals surface area (Å²) in [6, 6.07) is 1.88. The second kappa shape index (κ2) is 13.4. The van der Waals surface area contributed by atoms with Crippen molar-refractivity contribution in [2.75, 3.05) is 36.4 Å². The monoisotopic (exact) mass is 661 g/mol. The molecule has 0 unspecified atom stereocenters. The van der Waals surface area contributed by atoms with Crippen LogP contribution in [-0.2, 0) is 28.7 Å². The van der Waals surface area contributed by atoms with Crippen LogP contribution < -0.4 is 15.8 Å². The van der Waals surface area contributed by atoms with Crippen LogP contribution in [0, 0.1) is 5.82 Å². The van der Waals surface area contributed by atoms with E-state index in [2.05, 4.69) is 16.5 Å². The number of alkyl halides is 3. The molecule has 3 heterocycles. The standard InChI is InChI=1S/C32H39F4N7O4/c1-5-24-26(40-14-16-41(17-15-40)30(46)47-31(2,3)4)28(45)43-29(38-27(39-43)20-10-8-6-7-9-11-20)42(24)19-25(44)37-23-13-12-21(18-22(23)33)32(34,35)36/h10,12-13,18H,5-9,11,14-17,19H2,1-4H3,(H,37,44). The number of nitrogens with zero attached hydrogens (tertiary/aromatic N) is 6. The first-order valence-corrected chi connectivity index (χ1v) is 15.8. The molecule has 254 valence electrons. The van der Waals surface area contributed by atoms with Gasteiger partial charge in [-0.3, -0.25) is 9.59 Å². The summed E-state index contributed by atoms with van der Waals surface area (Å²) < 4.78 is 62.0. The largest absolute Gasteiger partial charge is 0.444 e. The van der Waals surface area contributed by atoms with E-state index in [-0.39, 0.29) is 5.78 Å². The fourth-order valence-electron chi connectivity index (χ4n) is 5.85. The fraction of sp³-hybridized carbons (Fsp3) is 0.531. The van der Waals surface area contributed by atoms with Crippen LogP contribution in [0.25, 0.3) is 11.4 Å². The van der Waals surface area contributed by atoms with E-state index in [4.69, 9.17) is 9.72 Å². The summed E-state index contributed by atoms with van der Waals surface area (Å²) in [6.07, 6.45) is 1.79. The van der Waals surface area contributed by atoms with Crippen molar-refractivity contribution < 1.29 is 31.9 Å². The van der Waals surface area contributed by atoms with Gasteiger partial charge in [-0.15, -0.1) is 5.10 Å². The first-order chi connectivity index (χ1) is 22.2. The number of piperazine rings is 1. The normalized spacial score (nSPS) is 16.2. The molecular formula is C32H39F4N7O4. The molecule has 1 fully saturated rings. The SMILES string of the molecule is CCc1c(N2CCN(C(=O)OC(C)(C)C)CC2)c(=O)n2nc(C3=CCCCCC3)nc2n1CC(=O)Nc1ccc(C(F)(F)F)cc1F. The summed E-state index contributed by atoms with van der Waals surface area (Å²) in [5.41, 5.74) is -1.01. The number of amides is 2. The van der Waals surface area contributed by atoms with Gasteiger partial charge in [-0.1, -0.05) is 19.4 Å². The molecule has 0 spiro atoms. The zero-order chi connectivity index (χ0) is 34.1. The lowest BCUT2D eigenvalue weighted by molar-refractivity contribution is -0.137. The van der Waals surface area contributed by atoms with Crippen LogP contribution in [0.2, 0.25) is 0 Å². The van der Waals surface area contributed by atoms with Gasteiger partial charge in [-0.05, 0) is 76.6 Å². The highest BCUT2D eigenvalue weighted by molar-refractivity contribution is 5.91. The second-order valence-corrected chi connectivity index (χ2v) is 12.7. The molecule has 11 nitrogen and oxygen atoms in total. The van der Waals surface area contributed by atoms with Gasteiger partial charge in [0.2, 0.25) is 11.7 Å². The zero-order valence-electron chi connectivity index (χ0n) is 26.9. The van der Waals surface area contributed by atoms with E-state index in [1.54, 1.807) is 30.2 Å². The Morgan fingerprint density at radius 3 is 2.40 bits per heavy atom. The minimum atomic E-state index is -4.74. The first-order valence-electron chi connectivity index (χ1n) is 15.8. The number of fused-ring (bicyclic) bond motifs is 1. The van der Waals surface area contributed by atoms with E-state index in [0.717, 1.165) is 43.7 Å². The summed E-state index contributed by atoms with van der Waals surface area (Å²) in [5.74, 6) is -1.47. The maximum absolute atomic E-state index is 14.6. The molecule has 1 aliphatic carbocycles. The average Bonchev–Trinajstić information content (AvgIpc) is 3.26. The van der Waals surface area contributed by atoms with Crippen molar-refractivity contribution in [3.8, 4) is 0 Å². The van der Waals surface area contributed by atoms with Gasteiger partial charge in [0.05, 0.1) is 16.9 Å². The molecule has 1 aromatic carbocycles. The molecule has 3 aromatic rings. The Labute approximate surface area is 269 Å². The average molecular weight is 662 g/mol. The number of carbonyl (C=O) groups is 2. The smallest absolute Gasteiger partial charge is 0.416 e. The Balaban J connectivity index is 1.52. The molecular weight excluding hydrogens is 622 g/mol. The quantitative estimate of drug-likeness (QED) is 0.340. The predicted molar refractivity (Wildman–Crippen MR) is 168 cm³/mol. The minimum absolute atomic E-state index is 0.117. The van der Waals surface area contributed by atoms with Gasteiger partial charge in [0.25, 0.3) is 5.56 Å². The number of halogens is 4. The molecule has 2 aliphatic rings. The summed E-state index contributed by atoms with van der Waals surface area (Å²) in [5, 5.41) is 6.95. The Morgan fingerprint density at radius 2 is 1.77 bits per heavy atom. The fourth-order valence-corrected chi connectivity index (χ4v) is 5.85. The lowest BCUT2D eigenvalue weighted by atomic mass is 10.1. The van der Waals surface area contributed by atoms with Gasteiger partial charge in [0, 0.05) is 26.2 Å². The maximum atomic E-state index is 14.6. The topological polar surface area (TPSA) is 114 Å². The van der Waals surface area contributed by atoms with E-state index in [0.29, 0.717) is 61.9 Å². The Morgan fingerprint density at radius 1 is 1.04 bits per heavy atom. The van der Waals surface area contributed by atoms with Gasteiger partial charge in [-0.25, -0.2) is 9.18 Å². The van der Waals surface area contributed by atoms with Crippen LogP contribution in [0.5, 0.6) is 0 Å². The van der Waals surface area contributed by atoms with Crippen LogP contribution >= 0.6 is 0 Å². The number of ether oxygens (including phenoxy) is 1. The number of anilines is 2. The minimum Gasteiger partial charge on any atom is -0.444 e.